The third kappa shape index (κ3) is 2.38. The lowest BCUT2D eigenvalue weighted by Crippen LogP contribution is -2.19. The molecular weight excluding hydrogens is 224 g/mol. The Labute approximate surface area is 107 Å². The number of aromatic nitrogens is 2. The fraction of sp³-hybridized carbons (Fsp3) is 0.357. The van der Waals surface area contributed by atoms with Crippen molar-refractivity contribution in [2.45, 2.75) is 26.1 Å². The standard InChI is InChI=1S/C14H18N4/c15-14-4-3-12-10-17(11-13(12)9-14)6-2-8-18-7-1-5-16-18/h1,3-5,7,9H,2,6,8,10-11,15H2. The van der Waals surface area contributed by atoms with Crippen molar-refractivity contribution in [3.05, 3.63) is 47.8 Å². The number of nitrogens with zero attached hydrogens (tertiary/aromatic N) is 3. The molecule has 1 aromatic heterocycles. The molecule has 0 amide bonds. The molecule has 0 saturated carbocycles. The quantitative estimate of drug-likeness (QED) is 0.833. The Morgan fingerprint density at radius 3 is 2.89 bits per heavy atom. The van der Waals surface area contributed by atoms with E-state index >= 15 is 0 Å². The van der Waals surface area contributed by atoms with Gasteiger partial charge in [-0.1, -0.05) is 6.07 Å². The van der Waals surface area contributed by atoms with Gasteiger partial charge >= 0.3 is 0 Å². The lowest BCUT2D eigenvalue weighted by Gasteiger charge is -2.14. The van der Waals surface area contributed by atoms with Gasteiger partial charge in [0.15, 0.2) is 0 Å². The van der Waals surface area contributed by atoms with Crippen LogP contribution in [0.2, 0.25) is 0 Å². The van der Waals surface area contributed by atoms with Crippen LogP contribution in [0.5, 0.6) is 0 Å². The topological polar surface area (TPSA) is 47.1 Å². The first-order valence-electron chi connectivity index (χ1n) is 6.38. The van der Waals surface area contributed by atoms with E-state index in [4.69, 9.17) is 5.73 Å². The van der Waals surface area contributed by atoms with E-state index < -0.39 is 0 Å². The number of nitrogen functional groups attached to an aromatic ring is 1. The molecule has 0 aliphatic carbocycles. The van der Waals surface area contributed by atoms with Gasteiger partial charge in [0.2, 0.25) is 0 Å². The molecule has 0 bridgehead atoms. The van der Waals surface area contributed by atoms with Crippen LogP contribution in [0.15, 0.2) is 36.7 Å². The fourth-order valence-electron chi connectivity index (χ4n) is 2.53. The van der Waals surface area contributed by atoms with Gasteiger partial charge in [-0.25, -0.2) is 0 Å². The van der Waals surface area contributed by atoms with Crippen molar-refractivity contribution in [1.82, 2.24) is 14.7 Å². The van der Waals surface area contributed by atoms with Gasteiger partial charge in [0, 0.05) is 44.3 Å². The van der Waals surface area contributed by atoms with Crippen LogP contribution in [0.1, 0.15) is 17.5 Å². The molecule has 1 aliphatic rings. The van der Waals surface area contributed by atoms with Gasteiger partial charge in [0.1, 0.15) is 0 Å². The van der Waals surface area contributed by atoms with Crippen molar-refractivity contribution >= 4 is 5.69 Å². The number of benzene rings is 1. The first kappa shape index (κ1) is 11.3. The largest absolute Gasteiger partial charge is 0.399 e. The summed E-state index contributed by atoms with van der Waals surface area (Å²) in [7, 11) is 0. The minimum atomic E-state index is 0.868. The number of hydrogen-bond acceptors (Lipinski definition) is 3. The Morgan fingerprint density at radius 2 is 2.06 bits per heavy atom. The van der Waals surface area contributed by atoms with E-state index in [-0.39, 0.29) is 0 Å². The summed E-state index contributed by atoms with van der Waals surface area (Å²) < 4.78 is 1.99. The normalized spacial score (nSPS) is 14.9. The first-order chi connectivity index (χ1) is 8.81. The summed E-state index contributed by atoms with van der Waals surface area (Å²) in [6.07, 6.45) is 4.97. The zero-order valence-corrected chi connectivity index (χ0v) is 10.4. The van der Waals surface area contributed by atoms with E-state index in [1.165, 1.54) is 11.1 Å². The van der Waals surface area contributed by atoms with E-state index in [0.717, 1.165) is 38.3 Å². The van der Waals surface area contributed by atoms with E-state index in [1.54, 1.807) is 0 Å². The molecule has 2 heterocycles. The van der Waals surface area contributed by atoms with Crippen LogP contribution in [0.25, 0.3) is 0 Å². The fourth-order valence-corrected chi connectivity index (χ4v) is 2.53. The van der Waals surface area contributed by atoms with E-state index in [1.807, 2.05) is 29.2 Å². The van der Waals surface area contributed by atoms with E-state index in [9.17, 15) is 0 Å². The van der Waals surface area contributed by atoms with Crippen molar-refractivity contribution in [1.29, 1.82) is 0 Å². The summed E-state index contributed by atoms with van der Waals surface area (Å²) >= 11 is 0. The Bertz CT molecular complexity index is 519. The molecule has 0 atom stereocenters. The van der Waals surface area contributed by atoms with Gasteiger partial charge in [-0.15, -0.1) is 0 Å². The van der Waals surface area contributed by atoms with Gasteiger partial charge in [-0.2, -0.15) is 5.10 Å². The molecule has 0 radical (unpaired) electrons. The highest BCUT2D eigenvalue weighted by atomic mass is 15.3. The monoisotopic (exact) mass is 242 g/mol. The van der Waals surface area contributed by atoms with Crippen molar-refractivity contribution < 1.29 is 0 Å². The lowest BCUT2D eigenvalue weighted by atomic mass is 10.1. The van der Waals surface area contributed by atoms with Crippen LogP contribution in [0.3, 0.4) is 0 Å². The molecule has 0 fully saturated rings. The van der Waals surface area contributed by atoms with Gasteiger partial charge in [-0.3, -0.25) is 9.58 Å². The van der Waals surface area contributed by atoms with Gasteiger partial charge in [0.25, 0.3) is 0 Å². The molecule has 1 aromatic carbocycles. The number of fused-ring (bicyclic) bond motifs is 1. The third-order valence-electron chi connectivity index (χ3n) is 3.44. The highest BCUT2D eigenvalue weighted by molar-refractivity contribution is 5.46. The average Bonchev–Trinajstić information content (AvgIpc) is 2.97. The van der Waals surface area contributed by atoms with Crippen molar-refractivity contribution in [2.24, 2.45) is 0 Å². The van der Waals surface area contributed by atoms with Gasteiger partial charge in [0.05, 0.1) is 0 Å². The number of anilines is 1. The molecular formula is C14H18N4. The van der Waals surface area contributed by atoms with Crippen LogP contribution in [-0.4, -0.2) is 21.2 Å². The molecule has 18 heavy (non-hydrogen) atoms. The van der Waals surface area contributed by atoms with Crippen molar-refractivity contribution in [3.8, 4) is 0 Å². The summed E-state index contributed by atoms with van der Waals surface area (Å²) in [6.45, 7) is 4.17. The maximum Gasteiger partial charge on any atom is 0.0489 e. The minimum absolute atomic E-state index is 0.868. The molecule has 4 heteroatoms. The van der Waals surface area contributed by atoms with Crippen LogP contribution in [-0.2, 0) is 19.6 Å². The Hall–Kier alpha value is -1.81. The summed E-state index contributed by atoms with van der Waals surface area (Å²) in [5.41, 5.74) is 9.48. The summed E-state index contributed by atoms with van der Waals surface area (Å²) in [6, 6.07) is 8.21. The molecule has 2 N–H and O–H groups in total. The molecule has 4 nitrogen and oxygen atoms in total. The second-order valence-electron chi connectivity index (χ2n) is 4.86. The molecule has 94 valence electrons. The zero-order valence-electron chi connectivity index (χ0n) is 10.4. The van der Waals surface area contributed by atoms with Crippen LogP contribution in [0.4, 0.5) is 5.69 Å². The maximum absolute atomic E-state index is 5.81. The number of nitrogens with two attached hydrogens (primary N) is 1. The molecule has 0 saturated heterocycles. The number of aryl methyl sites for hydroxylation is 1. The molecule has 0 unspecified atom stereocenters. The second-order valence-corrected chi connectivity index (χ2v) is 4.86. The average molecular weight is 242 g/mol. The zero-order chi connectivity index (χ0) is 12.4. The highest BCUT2D eigenvalue weighted by Gasteiger charge is 2.18. The van der Waals surface area contributed by atoms with Crippen molar-refractivity contribution in [3.63, 3.8) is 0 Å². The Balaban J connectivity index is 1.52. The van der Waals surface area contributed by atoms with Crippen LogP contribution < -0.4 is 5.73 Å². The molecule has 2 aromatic rings. The summed E-state index contributed by atoms with van der Waals surface area (Å²) in [4.78, 5) is 2.47. The Morgan fingerprint density at radius 1 is 1.17 bits per heavy atom. The van der Waals surface area contributed by atoms with Gasteiger partial charge < -0.3 is 5.73 Å². The first-order valence-corrected chi connectivity index (χ1v) is 6.38. The highest BCUT2D eigenvalue weighted by Crippen LogP contribution is 2.24. The minimum Gasteiger partial charge on any atom is -0.399 e. The smallest absolute Gasteiger partial charge is 0.0489 e. The predicted octanol–water partition coefficient (Wildman–Crippen LogP) is 1.87. The van der Waals surface area contributed by atoms with E-state index in [0.29, 0.717) is 0 Å². The van der Waals surface area contributed by atoms with Crippen LogP contribution in [0, 0.1) is 0 Å². The summed E-state index contributed by atoms with van der Waals surface area (Å²) in [5, 5.41) is 4.21. The number of hydrogen-bond donors (Lipinski definition) is 1. The summed E-state index contributed by atoms with van der Waals surface area (Å²) in [5.74, 6) is 0. The molecule has 0 spiro atoms. The molecule has 1 aliphatic heterocycles. The maximum atomic E-state index is 5.81. The second kappa shape index (κ2) is 4.82. The van der Waals surface area contributed by atoms with Crippen molar-refractivity contribution in [2.75, 3.05) is 12.3 Å². The SMILES string of the molecule is Nc1ccc2c(c1)CN(CCCn1cccn1)C2. The number of rotatable bonds is 4. The van der Waals surface area contributed by atoms with Gasteiger partial charge in [-0.05, 0) is 35.7 Å². The predicted molar refractivity (Wildman–Crippen MR) is 71.8 cm³/mol. The van der Waals surface area contributed by atoms with Crippen LogP contribution >= 0.6 is 0 Å². The third-order valence-corrected chi connectivity index (χ3v) is 3.44. The Kier molecular flexibility index (Phi) is 3.02. The molecule has 3 rings (SSSR count). The lowest BCUT2D eigenvalue weighted by molar-refractivity contribution is 0.272. The van der Waals surface area contributed by atoms with E-state index in [2.05, 4.69) is 22.1 Å².